The largest absolute Gasteiger partial charge is 0.332 e. The Balaban J connectivity index is 2.42. The summed E-state index contributed by atoms with van der Waals surface area (Å²) in [5, 5.41) is 0. The quantitative estimate of drug-likeness (QED) is 0.577. The zero-order chi connectivity index (χ0) is 8.48. The molecule has 4 heteroatoms. The smallest absolute Gasteiger partial charge is 0.316 e. The van der Waals surface area contributed by atoms with Gasteiger partial charge >= 0.3 is 8.60 Å². The third-order valence-electron chi connectivity index (χ3n) is 1.66. The second-order valence-electron chi connectivity index (χ2n) is 3.66. The standard InChI is InChI=1S/C7H15O3P/c1-7(2,3)6-5-9-11(8-4)10-6/h6H,5H2,1-4H3. The van der Waals surface area contributed by atoms with Crippen molar-refractivity contribution in [2.75, 3.05) is 13.7 Å². The number of rotatable bonds is 1. The monoisotopic (exact) mass is 178 g/mol. The predicted molar refractivity (Wildman–Crippen MR) is 44.2 cm³/mol. The van der Waals surface area contributed by atoms with Crippen LogP contribution >= 0.6 is 8.60 Å². The zero-order valence-electron chi connectivity index (χ0n) is 7.46. The lowest BCUT2D eigenvalue weighted by molar-refractivity contribution is 0.106. The van der Waals surface area contributed by atoms with Crippen LogP contribution in [0, 0.1) is 5.41 Å². The molecule has 2 atom stereocenters. The third kappa shape index (κ3) is 2.38. The summed E-state index contributed by atoms with van der Waals surface area (Å²) in [6.07, 6.45) is 0.175. The van der Waals surface area contributed by atoms with E-state index in [9.17, 15) is 0 Å². The Hall–Kier alpha value is 0.310. The van der Waals surface area contributed by atoms with E-state index in [-0.39, 0.29) is 11.5 Å². The van der Waals surface area contributed by atoms with Gasteiger partial charge in [0.2, 0.25) is 0 Å². The average molecular weight is 178 g/mol. The van der Waals surface area contributed by atoms with Crippen molar-refractivity contribution >= 4 is 8.60 Å². The lowest BCUT2D eigenvalue weighted by Crippen LogP contribution is -2.27. The minimum Gasteiger partial charge on any atom is -0.316 e. The molecule has 1 rings (SSSR count). The Morgan fingerprint density at radius 2 is 2.09 bits per heavy atom. The van der Waals surface area contributed by atoms with Gasteiger partial charge in [-0.1, -0.05) is 20.8 Å². The van der Waals surface area contributed by atoms with E-state index < -0.39 is 8.60 Å². The van der Waals surface area contributed by atoms with E-state index >= 15 is 0 Å². The highest BCUT2D eigenvalue weighted by Gasteiger charge is 2.35. The first-order valence-corrected chi connectivity index (χ1v) is 4.77. The van der Waals surface area contributed by atoms with Gasteiger partial charge in [0.1, 0.15) is 0 Å². The molecule has 2 unspecified atom stereocenters. The SMILES string of the molecule is COP1OCC(C(C)(C)C)O1. The molecule has 0 aromatic rings. The van der Waals surface area contributed by atoms with Crippen LogP contribution in [0.3, 0.4) is 0 Å². The van der Waals surface area contributed by atoms with E-state index in [0.29, 0.717) is 6.61 Å². The van der Waals surface area contributed by atoms with Crippen LogP contribution in [-0.4, -0.2) is 19.8 Å². The molecule has 0 saturated carbocycles. The molecule has 11 heavy (non-hydrogen) atoms. The highest BCUT2D eigenvalue weighted by atomic mass is 31.2. The van der Waals surface area contributed by atoms with Crippen molar-refractivity contribution < 1.29 is 13.6 Å². The maximum atomic E-state index is 5.50. The molecule has 3 nitrogen and oxygen atoms in total. The average Bonchev–Trinajstić information content (AvgIpc) is 2.32. The van der Waals surface area contributed by atoms with Crippen molar-refractivity contribution in [2.45, 2.75) is 26.9 Å². The first-order chi connectivity index (χ1) is 5.04. The second-order valence-corrected chi connectivity index (χ2v) is 4.94. The van der Waals surface area contributed by atoms with Crippen LogP contribution in [0.2, 0.25) is 0 Å². The molecule has 1 fully saturated rings. The van der Waals surface area contributed by atoms with Gasteiger partial charge in [-0.25, -0.2) is 0 Å². The van der Waals surface area contributed by atoms with Gasteiger partial charge in [0, 0.05) is 7.11 Å². The van der Waals surface area contributed by atoms with E-state index in [1.807, 2.05) is 0 Å². The van der Waals surface area contributed by atoms with Crippen LogP contribution in [0.5, 0.6) is 0 Å². The van der Waals surface area contributed by atoms with Crippen molar-refractivity contribution in [2.24, 2.45) is 5.41 Å². The fourth-order valence-corrected chi connectivity index (χ4v) is 1.89. The molecule has 1 aliphatic heterocycles. The van der Waals surface area contributed by atoms with Crippen LogP contribution in [0.1, 0.15) is 20.8 Å². The maximum Gasteiger partial charge on any atom is 0.332 e. The molecular formula is C7H15O3P. The van der Waals surface area contributed by atoms with Crippen LogP contribution < -0.4 is 0 Å². The molecule has 0 aromatic carbocycles. The molecule has 0 aliphatic carbocycles. The molecule has 0 bridgehead atoms. The molecule has 0 amide bonds. The Bertz CT molecular complexity index is 132. The van der Waals surface area contributed by atoms with Crippen molar-refractivity contribution in [3.63, 3.8) is 0 Å². The summed E-state index contributed by atoms with van der Waals surface area (Å²) < 4.78 is 15.7. The van der Waals surface area contributed by atoms with Gasteiger partial charge < -0.3 is 13.6 Å². The second kappa shape index (κ2) is 3.36. The molecule has 66 valence electrons. The summed E-state index contributed by atoms with van der Waals surface area (Å²) in [5.74, 6) is 0. The normalized spacial score (nSPS) is 32.7. The van der Waals surface area contributed by atoms with Gasteiger partial charge in [-0.05, 0) is 5.41 Å². The van der Waals surface area contributed by atoms with Crippen molar-refractivity contribution in [3.8, 4) is 0 Å². The van der Waals surface area contributed by atoms with Gasteiger partial charge in [-0.3, -0.25) is 0 Å². The predicted octanol–water partition coefficient (Wildman–Crippen LogP) is 2.32. The molecule has 0 spiro atoms. The Morgan fingerprint density at radius 3 is 2.36 bits per heavy atom. The van der Waals surface area contributed by atoms with Crippen LogP contribution in [0.4, 0.5) is 0 Å². The summed E-state index contributed by atoms with van der Waals surface area (Å²) in [6.45, 7) is 7.06. The topological polar surface area (TPSA) is 27.7 Å². The Morgan fingerprint density at radius 1 is 1.45 bits per heavy atom. The third-order valence-corrected chi connectivity index (χ3v) is 2.74. The number of hydrogen-bond acceptors (Lipinski definition) is 3. The first kappa shape index (κ1) is 9.40. The molecule has 1 heterocycles. The summed E-state index contributed by atoms with van der Waals surface area (Å²) in [7, 11) is 0.561. The van der Waals surface area contributed by atoms with E-state index in [0.717, 1.165) is 0 Å². The molecular weight excluding hydrogens is 163 g/mol. The van der Waals surface area contributed by atoms with E-state index in [1.54, 1.807) is 7.11 Å². The summed E-state index contributed by atoms with van der Waals surface area (Å²) in [5.41, 5.74) is 0.148. The minimum absolute atomic E-state index is 0.148. The first-order valence-electron chi connectivity index (χ1n) is 3.68. The lowest BCUT2D eigenvalue weighted by atomic mass is 9.90. The van der Waals surface area contributed by atoms with Gasteiger partial charge in [0.25, 0.3) is 0 Å². The van der Waals surface area contributed by atoms with E-state index in [1.165, 1.54) is 0 Å². The van der Waals surface area contributed by atoms with E-state index in [2.05, 4.69) is 20.8 Å². The highest BCUT2D eigenvalue weighted by molar-refractivity contribution is 7.41. The molecule has 0 N–H and O–H groups in total. The Labute approximate surface area is 69.0 Å². The van der Waals surface area contributed by atoms with E-state index in [4.69, 9.17) is 13.6 Å². The molecule has 0 aromatic heterocycles. The van der Waals surface area contributed by atoms with Crippen molar-refractivity contribution in [1.82, 2.24) is 0 Å². The highest BCUT2D eigenvalue weighted by Crippen LogP contribution is 2.49. The van der Waals surface area contributed by atoms with Crippen molar-refractivity contribution in [3.05, 3.63) is 0 Å². The van der Waals surface area contributed by atoms with Crippen LogP contribution in [0.25, 0.3) is 0 Å². The van der Waals surface area contributed by atoms with Crippen LogP contribution in [-0.2, 0) is 13.6 Å². The van der Waals surface area contributed by atoms with Crippen LogP contribution in [0.15, 0.2) is 0 Å². The summed E-state index contributed by atoms with van der Waals surface area (Å²) >= 11 is 0. The zero-order valence-corrected chi connectivity index (χ0v) is 8.35. The van der Waals surface area contributed by atoms with Gasteiger partial charge in [0.05, 0.1) is 12.7 Å². The maximum absolute atomic E-state index is 5.50. The van der Waals surface area contributed by atoms with Gasteiger partial charge in [-0.15, -0.1) is 0 Å². The molecule has 0 radical (unpaired) electrons. The molecule has 1 saturated heterocycles. The van der Waals surface area contributed by atoms with Crippen molar-refractivity contribution in [1.29, 1.82) is 0 Å². The number of hydrogen-bond donors (Lipinski definition) is 0. The fraction of sp³-hybridized carbons (Fsp3) is 1.00. The molecule has 1 aliphatic rings. The summed E-state index contributed by atoms with van der Waals surface area (Å²) in [4.78, 5) is 0. The van der Waals surface area contributed by atoms with Gasteiger partial charge in [0.15, 0.2) is 0 Å². The summed E-state index contributed by atoms with van der Waals surface area (Å²) in [6, 6.07) is 0. The Kier molecular flexibility index (Phi) is 2.87. The van der Waals surface area contributed by atoms with Gasteiger partial charge in [-0.2, -0.15) is 0 Å². The lowest BCUT2D eigenvalue weighted by Gasteiger charge is -2.23. The minimum atomic E-state index is -1.05. The fourth-order valence-electron chi connectivity index (χ4n) is 0.797.